The number of ether oxygens (including phenoxy) is 3. The van der Waals surface area contributed by atoms with Crippen LogP contribution in [0.1, 0.15) is 45.2 Å². The fourth-order valence-corrected chi connectivity index (χ4v) is 4.00. The number of benzene rings is 1. The summed E-state index contributed by atoms with van der Waals surface area (Å²) in [6.07, 6.45) is 6.78. The molecular weight excluding hydrogens is 434 g/mol. The second kappa shape index (κ2) is 9.00. The first-order valence-electron chi connectivity index (χ1n) is 11.3. The van der Waals surface area contributed by atoms with Crippen molar-refractivity contribution in [2.45, 2.75) is 51.8 Å². The molecule has 0 aliphatic heterocycles. The number of fused-ring (bicyclic) bond motifs is 1. The van der Waals surface area contributed by atoms with Crippen LogP contribution in [0.15, 0.2) is 41.6 Å². The minimum absolute atomic E-state index is 0.0242. The maximum Gasteiger partial charge on any atom is 0.410 e. The summed E-state index contributed by atoms with van der Waals surface area (Å²) in [4.78, 5) is 31.2. The summed E-state index contributed by atoms with van der Waals surface area (Å²) in [5.41, 5.74) is 1.85. The van der Waals surface area contributed by atoms with Crippen LogP contribution in [0.2, 0.25) is 0 Å². The zero-order valence-electron chi connectivity index (χ0n) is 20.5. The van der Waals surface area contributed by atoms with Crippen molar-refractivity contribution >= 4 is 16.9 Å². The van der Waals surface area contributed by atoms with Crippen LogP contribution in [0, 0.1) is 0 Å². The maximum atomic E-state index is 13.0. The number of carbonyl (C=O) groups excluding carboxylic acids is 1. The highest BCUT2D eigenvalue weighted by atomic mass is 16.6. The Bertz CT molecular complexity index is 1260. The van der Waals surface area contributed by atoms with Gasteiger partial charge in [-0.15, -0.1) is 0 Å². The van der Waals surface area contributed by atoms with Gasteiger partial charge in [0, 0.05) is 37.2 Å². The van der Waals surface area contributed by atoms with Gasteiger partial charge in [-0.3, -0.25) is 9.78 Å². The zero-order valence-corrected chi connectivity index (χ0v) is 20.5. The molecule has 0 radical (unpaired) electrons. The largest absolute Gasteiger partial charge is 0.496 e. The van der Waals surface area contributed by atoms with Gasteiger partial charge in [0.1, 0.15) is 17.1 Å². The number of rotatable bonds is 6. The van der Waals surface area contributed by atoms with Crippen molar-refractivity contribution in [3.8, 4) is 22.6 Å². The first-order chi connectivity index (χ1) is 16.1. The van der Waals surface area contributed by atoms with Crippen molar-refractivity contribution < 1.29 is 19.0 Å². The highest BCUT2D eigenvalue weighted by Gasteiger charge is 2.27. The molecule has 1 saturated carbocycles. The Hall–Kier alpha value is -3.55. The fraction of sp³-hybridized carbons (Fsp3) is 0.423. The Balaban J connectivity index is 1.80. The monoisotopic (exact) mass is 465 g/mol. The molecule has 4 rings (SSSR count). The van der Waals surface area contributed by atoms with Gasteiger partial charge in [-0.1, -0.05) is 0 Å². The van der Waals surface area contributed by atoms with Crippen LogP contribution in [0.25, 0.3) is 21.9 Å². The molecule has 3 aromatic rings. The predicted molar refractivity (Wildman–Crippen MR) is 131 cm³/mol. The molecular formula is C26H31N3O5. The Kier molecular flexibility index (Phi) is 6.25. The molecule has 2 heterocycles. The minimum atomic E-state index is -0.593. The molecule has 1 amide bonds. The van der Waals surface area contributed by atoms with E-state index in [0.717, 1.165) is 34.9 Å². The van der Waals surface area contributed by atoms with E-state index >= 15 is 0 Å². The van der Waals surface area contributed by atoms with E-state index in [2.05, 4.69) is 4.98 Å². The van der Waals surface area contributed by atoms with Crippen LogP contribution in [0.4, 0.5) is 4.79 Å². The standard InChI is InChI=1S/C26H31N3O5/c1-26(2,3)34-25(31)28(4)14-21-22(32-5)11-16(12-23(21)33-6)20-15-29(17-7-8-17)24(30)19-13-27-10-9-18(19)20/h9-13,15,17H,7-8,14H2,1-6H3. The minimum Gasteiger partial charge on any atom is -0.496 e. The highest BCUT2D eigenvalue weighted by molar-refractivity contribution is 5.96. The molecule has 0 N–H and O–H groups in total. The van der Waals surface area contributed by atoms with Crippen molar-refractivity contribution in [2.75, 3.05) is 21.3 Å². The van der Waals surface area contributed by atoms with Gasteiger partial charge in [0.25, 0.3) is 5.56 Å². The van der Waals surface area contributed by atoms with Crippen molar-refractivity contribution in [1.82, 2.24) is 14.5 Å². The fourth-order valence-electron chi connectivity index (χ4n) is 4.00. The number of hydrogen-bond donors (Lipinski definition) is 0. The summed E-state index contributed by atoms with van der Waals surface area (Å²) >= 11 is 0. The molecule has 1 aliphatic carbocycles. The van der Waals surface area contributed by atoms with Crippen LogP contribution in [-0.4, -0.2) is 47.4 Å². The summed E-state index contributed by atoms with van der Waals surface area (Å²) in [5, 5.41) is 1.40. The average Bonchev–Trinajstić information content (AvgIpc) is 3.63. The van der Waals surface area contributed by atoms with Crippen LogP contribution >= 0.6 is 0 Å². The lowest BCUT2D eigenvalue weighted by Gasteiger charge is -2.26. The number of methoxy groups -OCH3 is 2. The van der Waals surface area contributed by atoms with E-state index in [4.69, 9.17) is 14.2 Å². The topological polar surface area (TPSA) is 82.9 Å². The lowest BCUT2D eigenvalue weighted by atomic mass is 9.99. The molecule has 0 unspecified atom stereocenters. The number of hydrogen-bond acceptors (Lipinski definition) is 6. The number of aromatic nitrogens is 2. The van der Waals surface area contributed by atoms with Crippen molar-refractivity contribution in [3.63, 3.8) is 0 Å². The van der Waals surface area contributed by atoms with E-state index in [0.29, 0.717) is 16.9 Å². The number of pyridine rings is 2. The zero-order chi connectivity index (χ0) is 24.6. The van der Waals surface area contributed by atoms with E-state index in [1.54, 1.807) is 33.7 Å². The Morgan fingerprint density at radius 2 is 1.79 bits per heavy atom. The second-order valence-electron chi connectivity index (χ2n) is 9.60. The Morgan fingerprint density at radius 3 is 2.35 bits per heavy atom. The van der Waals surface area contributed by atoms with E-state index in [1.165, 1.54) is 4.90 Å². The molecule has 2 aromatic heterocycles. The summed E-state index contributed by atoms with van der Waals surface area (Å²) in [6, 6.07) is 5.91. The van der Waals surface area contributed by atoms with Crippen LogP contribution in [-0.2, 0) is 11.3 Å². The summed E-state index contributed by atoms with van der Waals surface area (Å²) in [6.45, 7) is 5.73. The molecule has 1 aliphatic rings. The number of amides is 1. The lowest BCUT2D eigenvalue weighted by Crippen LogP contribution is -2.34. The Labute approximate surface area is 199 Å². The molecule has 1 fully saturated rings. The van der Waals surface area contributed by atoms with E-state index in [-0.39, 0.29) is 18.1 Å². The summed E-state index contributed by atoms with van der Waals surface area (Å²) in [5.74, 6) is 1.16. The number of carbonyl (C=O) groups is 1. The quantitative estimate of drug-likeness (QED) is 0.521. The van der Waals surface area contributed by atoms with Gasteiger partial charge < -0.3 is 23.7 Å². The Morgan fingerprint density at radius 1 is 1.15 bits per heavy atom. The van der Waals surface area contributed by atoms with Gasteiger partial charge in [-0.25, -0.2) is 4.79 Å². The third-order valence-corrected chi connectivity index (χ3v) is 5.80. The normalized spacial score (nSPS) is 13.6. The molecule has 180 valence electrons. The molecule has 0 spiro atoms. The third-order valence-electron chi connectivity index (χ3n) is 5.80. The van der Waals surface area contributed by atoms with Gasteiger partial charge in [0.15, 0.2) is 0 Å². The van der Waals surface area contributed by atoms with Crippen molar-refractivity contribution in [3.05, 3.63) is 52.7 Å². The SMILES string of the molecule is COc1cc(-c2cn(C3CC3)c(=O)c3cnccc23)cc(OC)c1CN(C)C(=O)OC(C)(C)C. The van der Waals surface area contributed by atoms with E-state index in [1.807, 2.05) is 49.7 Å². The molecule has 0 atom stereocenters. The summed E-state index contributed by atoms with van der Waals surface area (Å²) < 4.78 is 18.7. The smallest absolute Gasteiger partial charge is 0.410 e. The van der Waals surface area contributed by atoms with Gasteiger partial charge in [-0.2, -0.15) is 0 Å². The summed E-state index contributed by atoms with van der Waals surface area (Å²) in [7, 11) is 4.85. The third kappa shape index (κ3) is 4.71. The average molecular weight is 466 g/mol. The first-order valence-corrected chi connectivity index (χ1v) is 11.3. The predicted octanol–water partition coefficient (Wildman–Crippen LogP) is 4.78. The van der Waals surface area contributed by atoms with Crippen molar-refractivity contribution in [1.29, 1.82) is 0 Å². The second-order valence-corrected chi connectivity index (χ2v) is 9.60. The van der Waals surface area contributed by atoms with Crippen LogP contribution in [0.5, 0.6) is 11.5 Å². The molecule has 34 heavy (non-hydrogen) atoms. The van der Waals surface area contributed by atoms with E-state index < -0.39 is 11.7 Å². The number of nitrogens with zero attached hydrogens (tertiary/aromatic N) is 3. The molecule has 0 bridgehead atoms. The molecule has 1 aromatic carbocycles. The van der Waals surface area contributed by atoms with Gasteiger partial charge >= 0.3 is 6.09 Å². The van der Waals surface area contributed by atoms with Crippen molar-refractivity contribution in [2.24, 2.45) is 0 Å². The van der Waals surface area contributed by atoms with Gasteiger partial charge in [0.2, 0.25) is 0 Å². The van der Waals surface area contributed by atoms with Gasteiger partial charge in [-0.05, 0) is 62.8 Å². The first kappa shape index (κ1) is 23.6. The van der Waals surface area contributed by atoms with E-state index in [9.17, 15) is 9.59 Å². The van der Waals surface area contributed by atoms with Gasteiger partial charge in [0.05, 0.1) is 31.7 Å². The van der Waals surface area contributed by atoms with Crippen LogP contribution < -0.4 is 15.0 Å². The molecule has 8 heteroatoms. The lowest BCUT2D eigenvalue weighted by molar-refractivity contribution is 0.0283. The molecule has 0 saturated heterocycles. The molecule has 8 nitrogen and oxygen atoms in total. The highest BCUT2D eigenvalue weighted by Crippen LogP contribution is 2.40. The van der Waals surface area contributed by atoms with Crippen LogP contribution in [0.3, 0.4) is 0 Å². The maximum absolute atomic E-state index is 13.0.